The lowest BCUT2D eigenvalue weighted by Gasteiger charge is -2.31. The first-order valence-corrected chi connectivity index (χ1v) is 6.34. The van der Waals surface area contributed by atoms with Gasteiger partial charge >= 0.3 is 0 Å². The molecule has 1 amide bonds. The van der Waals surface area contributed by atoms with Gasteiger partial charge in [0, 0.05) is 6.54 Å². The molecule has 0 aromatic heterocycles. The van der Waals surface area contributed by atoms with Crippen LogP contribution in [0.1, 0.15) is 54.4 Å². The van der Waals surface area contributed by atoms with Crippen molar-refractivity contribution in [2.24, 2.45) is 5.41 Å². The summed E-state index contributed by atoms with van der Waals surface area (Å²) in [7, 11) is 0. The summed E-state index contributed by atoms with van der Waals surface area (Å²) in [5, 5.41) is 3.40. The minimum atomic E-state index is -0.358. The Balaban J connectivity index is 2.80. The molecular weight excluding hydrogens is 200 g/mol. The Morgan fingerprint density at radius 2 is 2.00 bits per heavy atom. The summed E-state index contributed by atoms with van der Waals surface area (Å²) in [5.41, 5.74) is -0.159. The Kier molecular flexibility index (Phi) is 3.68. The van der Waals surface area contributed by atoms with Crippen LogP contribution < -0.4 is 5.32 Å². The largest absolute Gasteiger partial charge is 0.325 e. The topological polar surface area (TPSA) is 32.3 Å². The van der Waals surface area contributed by atoms with Crippen LogP contribution in [-0.4, -0.2) is 29.1 Å². The minimum Gasteiger partial charge on any atom is -0.325 e. The van der Waals surface area contributed by atoms with Gasteiger partial charge in [0.05, 0.1) is 11.7 Å². The van der Waals surface area contributed by atoms with Crippen LogP contribution in [0, 0.1) is 5.41 Å². The zero-order valence-electron chi connectivity index (χ0n) is 11.6. The number of hydrogen-bond acceptors (Lipinski definition) is 2. The van der Waals surface area contributed by atoms with E-state index in [1.165, 1.54) is 0 Å². The summed E-state index contributed by atoms with van der Waals surface area (Å²) in [5.74, 6) is 0.254. The van der Waals surface area contributed by atoms with Crippen molar-refractivity contribution in [1.82, 2.24) is 10.2 Å². The summed E-state index contributed by atoms with van der Waals surface area (Å²) >= 11 is 0. The normalized spacial score (nSPS) is 31.2. The maximum Gasteiger partial charge on any atom is 0.243 e. The number of amides is 1. The van der Waals surface area contributed by atoms with E-state index in [0.717, 1.165) is 19.4 Å². The quantitative estimate of drug-likeness (QED) is 0.798. The maximum atomic E-state index is 12.3. The summed E-state index contributed by atoms with van der Waals surface area (Å²) in [6, 6.07) is 0. The third-order valence-corrected chi connectivity index (χ3v) is 3.99. The van der Waals surface area contributed by atoms with Crippen LogP contribution in [0.5, 0.6) is 0 Å². The van der Waals surface area contributed by atoms with E-state index in [9.17, 15) is 4.79 Å². The van der Waals surface area contributed by atoms with Crippen LogP contribution in [0.2, 0.25) is 0 Å². The molecule has 1 aliphatic heterocycles. The molecule has 16 heavy (non-hydrogen) atoms. The van der Waals surface area contributed by atoms with Crippen molar-refractivity contribution in [2.45, 2.75) is 66.1 Å². The van der Waals surface area contributed by atoms with E-state index in [-0.39, 0.29) is 23.0 Å². The van der Waals surface area contributed by atoms with E-state index in [4.69, 9.17) is 0 Å². The fourth-order valence-electron chi connectivity index (χ4n) is 2.13. The Bertz CT molecular complexity index is 275. The lowest BCUT2D eigenvalue weighted by atomic mass is 9.89. The molecule has 1 heterocycles. The Hall–Kier alpha value is -0.570. The first kappa shape index (κ1) is 13.5. The zero-order chi connectivity index (χ0) is 12.6. The second-order valence-electron chi connectivity index (χ2n) is 5.96. The van der Waals surface area contributed by atoms with Crippen molar-refractivity contribution < 1.29 is 4.79 Å². The predicted octanol–water partition coefficient (Wildman–Crippen LogP) is 2.37. The first-order chi connectivity index (χ1) is 7.25. The lowest BCUT2D eigenvalue weighted by Crippen LogP contribution is -2.44. The molecule has 0 aliphatic carbocycles. The van der Waals surface area contributed by atoms with Crippen molar-refractivity contribution in [3.05, 3.63) is 0 Å². The van der Waals surface area contributed by atoms with Crippen LogP contribution >= 0.6 is 0 Å². The van der Waals surface area contributed by atoms with Crippen molar-refractivity contribution in [3.63, 3.8) is 0 Å². The molecule has 0 spiro atoms. The van der Waals surface area contributed by atoms with Crippen molar-refractivity contribution in [2.75, 3.05) is 6.54 Å². The molecule has 1 aliphatic rings. The van der Waals surface area contributed by atoms with Crippen LogP contribution in [-0.2, 0) is 4.79 Å². The highest BCUT2D eigenvalue weighted by atomic mass is 16.2. The average Bonchev–Trinajstić information content (AvgIpc) is 2.43. The fourth-order valence-corrected chi connectivity index (χ4v) is 2.13. The van der Waals surface area contributed by atoms with Gasteiger partial charge in [-0.2, -0.15) is 0 Å². The van der Waals surface area contributed by atoms with Crippen LogP contribution in [0.25, 0.3) is 0 Å². The monoisotopic (exact) mass is 226 g/mol. The molecule has 0 bridgehead atoms. The second kappa shape index (κ2) is 4.36. The minimum absolute atomic E-state index is 0.156. The lowest BCUT2D eigenvalue weighted by molar-refractivity contribution is -0.134. The fraction of sp³-hybridized carbons (Fsp3) is 0.923. The van der Waals surface area contributed by atoms with Gasteiger partial charge in [-0.15, -0.1) is 0 Å². The summed E-state index contributed by atoms with van der Waals surface area (Å²) in [6.45, 7) is 13.6. The van der Waals surface area contributed by atoms with Gasteiger partial charge in [0.25, 0.3) is 0 Å². The standard InChI is InChI=1S/C13H26N2O/c1-7-12(4,5)9-15-10(3)14-13(6,8-2)11(15)16/h10,14H,7-9H2,1-6H3. The molecule has 2 atom stereocenters. The smallest absolute Gasteiger partial charge is 0.243 e. The summed E-state index contributed by atoms with van der Waals surface area (Å²) in [4.78, 5) is 14.3. The van der Waals surface area contributed by atoms with E-state index < -0.39 is 0 Å². The Morgan fingerprint density at radius 1 is 1.44 bits per heavy atom. The molecule has 0 saturated carbocycles. The number of carbonyl (C=O) groups is 1. The Morgan fingerprint density at radius 3 is 2.38 bits per heavy atom. The Labute approximate surface area is 99.6 Å². The molecule has 1 N–H and O–H groups in total. The number of rotatable bonds is 4. The van der Waals surface area contributed by atoms with Gasteiger partial charge in [0.15, 0.2) is 0 Å². The average molecular weight is 226 g/mol. The molecule has 94 valence electrons. The molecule has 1 fully saturated rings. The molecule has 0 aromatic rings. The second-order valence-corrected chi connectivity index (χ2v) is 5.96. The third-order valence-electron chi connectivity index (χ3n) is 3.99. The van der Waals surface area contributed by atoms with Gasteiger partial charge in [0.2, 0.25) is 5.91 Å². The van der Waals surface area contributed by atoms with Gasteiger partial charge < -0.3 is 4.90 Å². The van der Waals surface area contributed by atoms with Gasteiger partial charge in [-0.1, -0.05) is 27.7 Å². The molecule has 1 saturated heterocycles. The van der Waals surface area contributed by atoms with E-state index in [1.54, 1.807) is 0 Å². The van der Waals surface area contributed by atoms with Gasteiger partial charge in [0.1, 0.15) is 0 Å². The molecule has 1 rings (SSSR count). The molecule has 2 unspecified atom stereocenters. The van der Waals surface area contributed by atoms with E-state index >= 15 is 0 Å². The van der Waals surface area contributed by atoms with Gasteiger partial charge in [-0.25, -0.2) is 0 Å². The van der Waals surface area contributed by atoms with E-state index in [2.05, 4.69) is 39.9 Å². The number of nitrogens with zero attached hydrogens (tertiary/aromatic N) is 1. The molecule has 3 heteroatoms. The molecule has 0 radical (unpaired) electrons. The van der Waals surface area contributed by atoms with Crippen LogP contribution in [0.15, 0.2) is 0 Å². The summed E-state index contributed by atoms with van der Waals surface area (Å²) < 4.78 is 0. The van der Waals surface area contributed by atoms with Crippen molar-refractivity contribution >= 4 is 5.91 Å². The number of hydrogen-bond donors (Lipinski definition) is 1. The van der Waals surface area contributed by atoms with Gasteiger partial charge in [-0.3, -0.25) is 10.1 Å². The van der Waals surface area contributed by atoms with Crippen LogP contribution in [0.4, 0.5) is 0 Å². The summed E-state index contributed by atoms with van der Waals surface area (Å²) in [6.07, 6.45) is 2.09. The predicted molar refractivity (Wildman–Crippen MR) is 67.1 cm³/mol. The SMILES string of the molecule is CCC(C)(C)CN1C(=O)C(C)(CC)NC1C. The highest BCUT2D eigenvalue weighted by molar-refractivity contribution is 5.88. The maximum absolute atomic E-state index is 12.3. The zero-order valence-corrected chi connectivity index (χ0v) is 11.6. The number of carbonyl (C=O) groups excluding carboxylic acids is 1. The third kappa shape index (κ3) is 2.40. The van der Waals surface area contributed by atoms with Crippen molar-refractivity contribution in [1.29, 1.82) is 0 Å². The molecular formula is C13H26N2O. The van der Waals surface area contributed by atoms with E-state index in [0.29, 0.717) is 0 Å². The first-order valence-electron chi connectivity index (χ1n) is 6.34. The highest BCUT2D eigenvalue weighted by Crippen LogP contribution is 2.29. The van der Waals surface area contributed by atoms with Crippen molar-refractivity contribution in [3.8, 4) is 0 Å². The molecule has 0 aromatic carbocycles. The van der Waals surface area contributed by atoms with Gasteiger partial charge in [-0.05, 0) is 32.1 Å². The van der Waals surface area contributed by atoms with Crippen LogP contribution in [0.3, 0.4) is 0 Å². The highest BCUT2D eigenvalue weighted by Gasteiger charge is 2.45. The number of nitrogens with one attached hydrogen (secondary N) is 1. The molecule has 3 nitrogen and oxygen atoms in total. The van der Waals surface area contributed by atoms with E-state index in [1.807, 2.05) is 11.8 Å².